The van der Waals surface area contributed by atoms with Crippen molar-refractivity contribution in [3.05, 3.63) is 58.6 Å². The van der Waals surface area contributed by atoms with Crippen LogP contribution in [0.1, 0.15) is 15.9 Å². The molecular weight excluding hydrogens is 420 g/mol. The molecule has 2 aromatic carbocycles. The van der Waals surface area contributed by atoms with Gasteiger partial charge in [-0.1, -0.05) is 29.8 Å². The number of carbonyl (C=O) groups excluding carboxylic acids is 1. The molecule has 1 N–H and O–H groups in total. The van der Waals surface area contributed by atoms with E-state index in [1.54, 1.807) is 35.2 Å². The molecule has 0 radical (unpaired) electrons. The third kappa shape index (κ3) is 4.87. The summed E-state index contributed by atoms with van der Waals surface area (Å²) in [5.41, 5.74) is 1.06. The first-order valence-corrected chi connectivity index (χ1v) is 11.8. The van der Waals surface area contributed by atoms with Crippen molar-refractivity contribution in [2.45, 2.75) is 16.3 Å². The Labute approximate surface area is 174 Å². The van der Waals surface area contributed by atoms with Gasteiger partial charge in [-0.2, -0.15) is 0 Å². The van der Waals surface area contributed by atoms with Gasteiger partial charge in [-0.25, -0.2) is 13.1 Å². The topological polar surface area (TPSA) is 75.7 Å². The lowest BCUT2D eigenvalue weighted by molar-refractivity contribution is 0.0300. The van der Waals surface area contributed by atoms with Crippen molar-refractivity contribution in [2.75, 3.05) is 32.6 Å². The Kier molecular flexibility index (Phi) is 7.00. The van der Waals surface area contributed by atoms with E-state index in [-0.39, 0.29) is 17.3 Å². The highest BCUT2D eigenvalue weighted by atomic mass is 35.5. The third-order valence-corrected chi connectivity index (χ3v) is 6.98. The minimum Gasteiger partial charge on any atom is -0.378 e. The zero-order valence-corrected chi connectivity index (χ0v) is 17.7. The Morgan fingerprint density at radius 1 is 1.21 bits per heavy atom. The summed E-state index contributed by atoms with van der Waals surface area (Å²) in [4.78, 5) is 15.4. The second-order valence-electron chi connectivity index (χ2n) is 6.18. The first-order valence-electron chi connectivity index (χ1n) is 8.70. The Hall–Kier alpha value is -1.58. The predicted octanol–water partition coefficient (Wildman–Crippen LogP) is 3.01. The van der Waals surface area contributed by atoms with Crippen molar-refractivity contribution >= 4 is 39.3 Å². The van der Waals surface area contributed by atoms with Gasteiger partial charge in [0.25, 0.3) is 5.91 Å². The number of hydrogen-bond donors (Lipinski definition) is 1. The van der Waals surface area contributed by atoms with Crippen LogP contribution in [0.15, 0.2) is 52.3 Å². The number of halogens is 1. The molecule has 0 bridgehead atoms. The lowest BCUT2D eigenvalue weighted by atomic mass is 10.2. The predicted molar refractivity (Wildman–Crippen MR) is 110 cm³/mol. The van der Waals surface area contributed by atoms with E-state index in [1.165, 1.54) is 23.9 Å². The molecule has 0 aliphatic carbocycles. The molecule has 0 spiro atoms. The largest absolute Gasteiger partial charge is 0.378 e. The van der Waals surface area contributed by atoms with Gasteiger partial charge in [0, 0.05) is 29.6 Å². The van der Waals surface area contributed by atoms with Crippen LogP contribution < -0.4 is 4.72 Å². The number of ether oxygens (including phenoxy) is 1. The van der Waals surface area contributed by atoms with Crippen LogP contribution in [-0.4, -0.2) is 51.8 Å². The average molecular weight is 441 g/mol. The maximum atomic E-state index is 12.9. The third-order valence-electron chi connectivity index (χ3n) is 4.42. The minimum atomic E-state index is -3.80. The minimum absolute atomic E-state index is 0.0500. The van der Waals surface area contributed by atoms with Crippen LogP contribution >= 0.6 is 23.4 Å². The first kappa shape index (κ1) is 21.1. The summed E-state index contributed by atoms with van der Waals surface area (Å²) in [5, 5.41) is 0.492. The summed E-state index contributed by atoms with van der Waals surface area (Å²) >= 11 is 7.50. The maximum Gasteiger partial charge on any atom is 0.255 e. The molecule has 1 aliphatic rings. The van der Waals surface area contributed by atoms with E-state index >= 15 is 0 Å². The van der Waals surface area contributed by atoms with Gasteiger partial charge in [-0.3, -0.25) is 4.79 Å². The Bertz CT molecular complexity index is 960. The van der Waals surface area contributed by atoms with Crippen LogP contribution in [0.4, 0.5) is 0 Å². The van der Waals surface area contributed by atoms with Crippen LogP contribution in [-0.2, 0) is 21.3 Å². The number of carbonyl (C=O) groups is 1. The molecule has 1 amide bonds. The molecule has 0 atom stereocenters. The normalized spacial score (nSPS) is 14.9. The van der Waals surface area contributed by atoms with Gasteiger partial charge >= 0.3 is 0 Å². The monoisotopic (exact) mass is 440 g/mol. The fraction of sp³-hybridized carbons (Fsp3) is 0.316. The molecule has 150 valence electrons. The van der Waals surface area contributed by atoms with Gasteiger partial charge in [0.2, 0.25) is 10.0 Å². The van der Waals surface area contributed by atoms with Crippen LogP contribution in [0.5, 0.6) is 0 Å². The van der Waals surface area contributed by atoms with Crippen molar-refractivity contribution in [1.82, 2.24) is 9.62 Å². The highest BCUT2D eigenvalue weighted by Crippen LogP contribution is 2.26. The lowest BCUT2D eigenvalue weighted by Crippen LogP contribution is -2.41. The van der Waals surface area contributed by atoms with E-state index in [1.807, 2.05) is 6.26 Å². The molecule has 2 aromatic rings. The molecule has 0 aromatic heterocycles. The number of nitrogens with one attached hydrogen (secondary N) is 1. The highest BCUT2D eigenvalue weighted by Gasteiger charge is 2.24. The van der Waals surface area contributed by atoms with Gasteiger partial charge in [0.05, 0.1) is 23.7 Å². The molecule has 0 unspecified atom stereocenters. The van der Waals surface area contributed by atoms with Gasteiger partial charge < -0.3 is 9.64 Å². The van der Waals surface area contributed by atoms with Gasteiger partial charge in [0.1, 0.15) is 0 Å². The van der Waals surface area contributed by atoms with Gasteiger partial charge in [0.15, 0.2) is 0 Å². The van der Waals surface area contributed by atoms with Crippen LogP contribution in [0.2, 0.25) is 5.02 Å². The first-order chi connectivity index (χ1) is 13.4. The quantitative estimate of drug-likeness (QED) is 0.699. The van der Waals surface area contributed by atoms with Crippen molar-refractivity contribution in [3.8, 4) is 0 Å². The van der Waals surface area contributed by atoms with Crippen molar-refractivity contribution in [2.24, 2.45) is 0 Å². The van der Waals surface area contributed by atoms with E-state index in [9.17, 15) is 13.2 Å². The molecular formula is C19H21ClN2O4S2. The van der Waals surface area contributed by atoms with Crippen molar-refractivity contribution < 1.29 is 17.9 Å². The van der Waals surface area contributed by atoms with E-state index in [0.29, 0.717) is 42.5 Å². The van der Waals surface area contributed by atoms with Gasteiger partial charge in [-0.15, -0.1) is 11.8 Å². The van der Waals surface area contributed by atoms with Gasteiger partial charge in [-0.05, 0) is 36.1 Å². The molecule has 1 aliphatic heterocycles. The standard InChI is InChI=1S/C19H21ClN2O4S2/c1-27-18-7-6-15(12-16(18)19(23)22-8-10-26-11-9-22)28(24,25)21-13-14-4-2-3-5-17(14)20/h2-7,12,21H,8-11,13H2,1H3. The molecule has 1 saturated heterocycles. The fourth-order valence-electron chi connectivity index (χ4n) is 2.86. The molecule has 0 saturated carbocycles. The zero-order valence-electron chi connectivity index (χ0n) is 15.4. The van der Waals surface area contributed by atoms with Crippen LogP contribution in [0.25, 0.3) is 0 Å². The number of morpholine rings is 1. The molecule has 6 nitrogen and oxygen atoms in total. The number of nitrogens with zero attached hydrogens (tertiary/aromatic N) is 1. The van der Waals surface area contributed by atoms with E-state index in [0.717, 1.165) is 4.90 Å². The lowest BCUT2D eigenvalue weighted by Gasteiger charge is -2.27. The van der Waals surface area contributed by atoms with E-state index in [4.69, 9.17) is 16.3 Å². The Morgan fingerprint density at radius 3 is 2.61 bits per heavy atom. The Morgan fingerprint density at radius 2 is 1.93 bits per heavy atom. The number of sulfonamides is 1. The number of amides is 1. The summed E-state index contributed by atoms with van der Waals surface area (Å²) in [7, 11) is -3.80. The molecule has 28 heavy (non-hydrogen) atoms. The number of thioether (sulfide) groups is 1. The van der Waals surface area contributed by atoms with Crippen molar-refractivity contribution in [1.29, 1.82) is 0 Å². The number of hydrogen-bond acceptors (Lipinski definition) is 5. The molecule has 3 rings (SSSR count). The van der Waals surface area contributed by atoms with Crippen molar-refractivity contribution in [3.63, 3.8) is 0 Å². The summed E-state index contributed by atoms with van der Waals surface area (Å²) in [6.07, 6.45) is 1.86. The fourth-order valence-corrected chi connectivity index (χ4v) is 4.66. The SMILES string of the molecule is CSc1ccc(S(=O)(=O)NCc2ccccc2Cl)cc1C(=O)N1CCOCC1. The number of rotatable bonds is 6. The zero-order chi connectivity index (χ0) is 20.1. The molecule has 9 heteroatoms. The maximum absolute atomic E-state index is 12.9. The summed E-state index contributed by atoms with van der Waals surface area (Å²) in [5.74, 6) is -0.184. The second-order valence-corrected chi connectivity index (χ2v) is 9.20. The van der Waals surface area contributed by atoms with Crippen LogP contribution in [0, 0.1) is 0 Å². The molecule has 1 heterocycles. The summed E-state index contributed by atoms with van der Waals surface area (Å²) < 4.78 is 33.4. The highest BCUT2D eigenvalue weighted by molar-refractivity contribution is 7.98. The second kappa shape index (κ2) is 9.28. The Balaban J connectivity index is 1.84. The average Bonchev–Trinajstić information content (AvgIpc) is 2.72. The summed E-state index contributed by atoms with van der Waals surface area (Å²) in [6, 6.07) is 11.7. The van der Waals surface area contributed by atoms with Crippen LogP contribution in [0.3, 0.4) is 0 Å². The van der Waals surface area contributed by atoms with E-state index < -0.39 is 10.0 Å². The smallest absolute Gasteiger partial charge is 0.255 e. The molecule has 1 fully saturated rings. The number of benzene rings is 2. The summed E-state index contributed by atoms with van der Waals surface area (Å²) in [6.45, 7) is 2.03. The van der Waals surface area contributed by atoms with E-state index in [2.05, 4.69) is 4.72 Å².